The van der Waals surface area contributed by atoms with Crippen LogP contribution >= 0.6 is 0 Å². The van der Waals surface area contributed by atoms with Crippen LogP contribution in [-0.4, -0.2) is 57.7 Å². The topological polar surface area (TPSA) is 185 Å². The number of nitrogens with one attached hydrogen (secondary N) is 1. The fourth-order valence-corrected chi connectivity index (χ4v) is 3.57. The summed E-state index contributed by atoms with van der Waals surface area (Å²) in [5.74, 6) is 0.280. The minimum Gasteiger partial charge on any atom is -0.431 e. The van der Waals surface area contributed by atoms with E-state index < -0.39 is 18.4 Å². The van der Waals surface area contributed by atoms with Crippen LogP contribution in [0, 0.1) is 0 Å². The second-order valence-electron chi connectivity index (χ2n) is 8.57. The molecule has 0 unspecified atom stereocenters. The van der Waals surface area contributed by atoms with Crippen LogP contribution in [0.3, 0.4) is 0 Å². The van der Waals surface area contributed by atoms with Crippen LogP contribution < -0.4 is 5.32 Å². The Hall–Kier alpha value is -5.40. The van der Waals surface area contributed by atoms with Crippen LogP contribution in [0.5, 0.6) is 0 Å². The SMILES string of the molecule is CCNc1nc(N=[N+]=[N-])nc2c1ncn2COC(COC(=O)OCc1ccccc1)COC(=O)OCc1ccccc1. The minimum atomic E-state index is -0.922. The number of carbonyl (C=O) groups is 2. The average molecular weight is 577 g/mol. The molecule has 2 aromatic heterocycles. The molecule has 1 N–H and O–H groups in total. The van der Waals surface area contributed by atoms with Crippen molar-refractivity contribution in [1.29, 1.82) is 0 Å². The molecule has 0 saturated carbocycles. The molecule has 0 aliphatic heterocycles. The number of aromatic nitrogens is 4. The van der Waals surface area contributed by atoms with E-state index in [9.17, 15) is 9.59 Å². The standard InChI is InChI=1S/C27H28N8O7/c1-2-29-23-22-24(32-25(31-23)33-34-28)35(17-30-22)18-42-21(15-40-26(36)38-13-19-9-5-3-6-10-19)16-41-27(37)39-14-20-11-7-4-8-12-20/h3-12,17,21H,2,13-16,18H2,1H3,(H,29,31,32). The summed E-state index contributed by atoms with van der Waals surface area (Å²) in [7, 11) is 0. The van der Waals surface area contributed by atoms with Gasteiger partial charge in [-0.05, 0) is 28.7 Å². The van der Waals surface area contributed by atoms with Crippen LogP contribution in [0.4, 0.5) is 21.4 Å². The second kappa shape index (κ2) is 15.4. The Morgan fingerprint density at radius 1 is 0.929 bits per heavy atom. The molecule has 0 aliphatic carbocycles. The third kappa shape index (κ3) is 8.81. The smallest absolute Gasteiger partial charge is 0.431 e. The van der Waals surface area contributed by atoms with Crippen molar-refractivity contribution in [2.75, 3.05) is 25.1 Å². The van der Waals surface area contributed by atoms with Gasteiger partial charge in [-0.1, -0.05) is 60.7 Å². The largest absolute Gasteiger partial charge is 0.508 e. The first-order valence-electron chi connectivity index (χ1n) is 12.9. The second-order valence-corrected chi connectivity index (χ2v) is 8.57. The maximum Gasteiger partial charge on any atom is 0.508 e. The minimum absolute atomic E-state index is 0.0237. The van der Waals surface area contributed by atoms with Crippen LogP contribution in [0.2, 0.25) is 0 Å². The van der Waals surface area contributed by atoms with Gasteiger partial charge >= 0.3 is 12.3 Å². The molecule has 42 heavy (non-hydrogen) atoms. The van der Waals surface area contributed by atoms with Crippen molar-refractivity contribution in [3.05, 3.63) is 88.6 Å². The highest BCUT2D eigenvalue weighted by atomic mass is 16.7. The summed E-state index contributed by atoms with van der Waals surface area (Å²) in [5, 5.41) is 6.53. The molecule has 0 amide bonds. The number of azide groups is 1. The summed E-state index contributed by atoms with van der Waals surface area (Å²) in [6, 6.07) is 18.2. The number of hydrogen-bond donors (Lipinski definition) is 1. The number of imidazole rings is 1. The van der Waals surface area contributed by atoms with E-state index in [0.29, 0.717) is 23.5 Å². The third-order valence-electron chi connectivity index (χ3n) is 5.55. The molecule has 0 radical (unpaired) electrons. The lowest BCUT2D eigenvalue weighted by atomic mass is 10.2. The molecule has 0 aliphatic rings. The molecule has 0 fully saturated rings. The van der Waals surface area contributed by atoms with Gasteiger partial charge in [0.15, 0.2) is 17.0 Å². The maximum absolute atomic E-state index is 12.2. The maximum atomic E-state index is 12.2. The number of fused-ring (bicyclic) bond motifs is 1. The molecule has 0 spiro atoms. The van der Waals surface area contributed by atoms with Crippen molar-refractivity contribution in [3.63, 3.8) is 0 Å². The molecule has 218 valence electrons. The number of ether oxygens (including phenoxy) is 5. The highest BCUT2D eigenvalue weighted by Crippen LogP contribution is 2.22. The molecule has 15 heteroatoms. The lowest BCUT2D eigenvalue weighted by Crippen LogP contribution is -2.29. The number of rotatable bonds is 14. The van der Waals surface area contributed by atoms with Crippen molar-refractivity contribution in [3.8, 4) is 0 Å². The van der Waals surface area contributed by atoms with Gasteiger partial charge in [0.2, 0.25) is 5.95 Å². The van der Waals surface area contributed by atoms with Gasteiger partial charge in [-0.15, -0.1) is 0 Å². The van der Waals surface area contributed by atoms with E-state index in [1.165, 1.54) is 10.9 Å². The summed E-state index contributed by atoms with van der Waals surface area (Å²) in [6.07, 6.45) is -1.30. The highest BCUT2D eigenvalue weighted by Gasteiger charge is 2.19. The molecule has 0 atom stereocenters. The van der Waals surface area contributed by atoms with E-state index >= 15 is 0 Å². The fraction of sp³-hybridized carbons (Fsp3) is 0.296. The Kier molecular flexibility index (Phi) is 10.8. The number of hydrogen-bond acceptors (Lipinski definition) is 12. The van der Waals surface area contributed by atoms with Gasteiger partial charge < -0.3 is 29.0 Å². The van der Waals surface area contributed by atoms with Crippen molar-refractivity contribution in [2.45, 2.75) is 33.0 Å². The predicted octanol–water partition coefficient (Wildman–Crippen LogP) is 5.25. The molecular formula is C27H28N8O7. The number of nitrogens with zero attached hydrogens (tertiary/aromatic N) is 7. The van der Waals surface area contributed by atoms with Crippen LogP contribution in [0.25, 0.3) is 21.6 Å². The first-order valence-corrected chi connectivity index (χ1v) is 12.9. The molecule has 0 saturated heterocycles. The average Bonchev–Trinajstić information content (AvgIpc) is 3.43. The number of carbonyl (C=O) groups excluding carboxylic acids is 2. The molecule has 2 heterocycles. The monoisotopic (exact) mass is 576 g/mol. The van der Waals surface area contributed by atoms with Crippen molar-refractivity contribution in [1.82, 2.24) is 19.5 Å². The first kappa shape index (κ1) is 29.6. The number of anilines is 1. The summed E-state index contributed by atoms with van der Waals surface area (Å²) in [6.45, 7) is 1.74. The lowest BCUT2D eigenvalue weighted by Gasteiger charge is -2.18. The Bertz CT molecular complexity index is 1450. The van der Waals surface area contributed by atoms with E-state index in [2.05, 4.69) is 30.3 Å². The third-order valence-corrected chi connectivity index (χ3v) is 5.55. The molecule has 4 aromatic rings. The Balaban J connectivity index is 1.39. The van der Waals surface area contributed by atoms with E-state index in [0.717, 1.165) is 11.1 Å². The van der Waals surface area contributed by atoms with E-state index in [1.807, 2.05) is 67.6 Å². The van der Waals surface area contributed by atoms with Crippen molar-refractivity contribution >= 4 is 35.2 Å². The zero-order valence-corrected chi connectivity index (χ0v) is 22.7. The van der Waals surface area contributed by atoms with E-state index in [1.54, 1.807) is 0 Å². The Morgan fingerprint density at radius 2 is 1.52 bits per heavy atom. The van der Waals surface area contributed by atoms with Gasteiger partial charge in [-0.25, -0.2) is 24.5 Å². The lowest BCUT2D eigenvalue weighted by molar-refractivity contribution is -0.0723. The zero-order valence-electron chi connectivity index (χ0n) is 22.7. The Labute approximate surface area is 240 Å². The molecule has 4 rings (SSSR count). The summed E-state index contributed by atoms with van der Waals surface area (Å²) in [4.78, 5) is 39.9. The van der Waals surface area contributed by atoms with E-state index in [4.69, 9.17) is 29.2 Å². The van der Waals surface area contributed by atoms with Crippen LogP contribution in [0.15, 0.2) is 72.1 Å². The van der Waals surface area contributed by atoms with E-state index in [-0.39, 0.29) is 39.1 Å². The summed E-state index contributed by atoms with van der Waals surface area (Å²) in [5.41, 5.74) is 11.2. The molecular weight excluding hydrogens is 548 g/mol. The quantitative estimate of drug-likeness (QED) is 0.0894. The normalized spacial score (nSPS) is 10.6. The van der Waals surface area contributed by atoms with Gasteiger partial charge in [0.25, 0.3) is 0 Å². The number of benzene rings is 2. The molecule has 2 aromatic carbocycles. The first-order chi connectivity index (χ1) is 20.6. The van der Waals surface area contributed by atoms with Crippen LogP contribution in [-0.2, 0) is 43.6 Å². The van der Waals surface area contributed by atoms with Crippen molar-refractivity contribution < 1.29 is 33.3 Å². The summed E-state index contributed by atoms with van der Waals surface area (Å²) >= 11 is 0. The predicted molar refractivity (Wildman–Crippen MR) is 148 cm³/mol. The van der Waals surface area contributed by atoms with Gasteiger partial charge in [0.05, 0.1) is 6.33 Å². The van der Waals surface area contributed by atoms with Gasteiger partial charge in [-0.3, -0.25) is 4.57 Å². The highest BCUT2D eigenvalue weighted by molar-refractivity contribution is 5.84. The molecule has 15 nitrogen and oxygen atoms in total. The van der Waals surface area contributed by atoms with Gasteiger partial charge in [0.1, 0.15) is 39.3 Å². The van der Waals surface area contributed by atoms with Gasteiger partial charge in [0, 0.05) is 11.5 Å². The molecule has 0 bridgehead atoms. The Morgan fingerprint density at radius 3 is 2.07 bits per heavy atom. The van der Waals surface area contributed by atoms with Crippen molar-refractivity contribution in [2.24, 2.45) is 5.11 Å². The zero-order chi connectivity index (χ0) is 29.6. The fourth-order valence-electron chi connectivity index (χ4n) is 3.57. The van der Waals surface area contributed by atoms with Crippen LogP contribution in [0.1, 0.15) is 18.1 Å². The van der Waals surface area contributed by atoms with Gasteiger partial charge in [-0.2, -0.15) is 0 Å². The summed E-state index contributed by atoms with van der Waals surface area (Å²) < 4.78 is 28.1.